The Morgan fingerprint density at radius 1 is 1.47 bits per heavy atom. The molecule has 1 aromatic heterocycles. The van der Waals surface area contributed by atoms with Crippen LogP contribution in [0.4, 0.5) is 0 Å². The van der Waals surface area contributed by atoms with Crippen LogP contribution < -0.4 is 0 Å². The van der Waals surface area contributed by atoms with Crippen LogP contribution in [0.3, 0.4) is 0 Å². The summed E-state index contributed by atoms with van der Waals surface area (Å²) in [7, 11) is 0. The summed E-state index contributed by atoms with van der Waals surface area (Å²) >= 11 is 1.40. The van der Waals surface area contributed by atoms with Crippen LogP contribution in [0.5, 0.6) is 0 Å². The van der Waals surface area contributed by atoms with Gasteiger partial charge in [-0.3, -0.25) is 4.79 Å². The van der Waals surface area contributed by atoms with E-state index in [1.807, 2.05) is 6.92 Å². The molecule has 4 nitrogen and oxygen atoms in total. The lowest BCUT2D eigenvalue weighted by Gasteiger charge is -2.22. The van der Waals surface area contributed by atoms with Gasteiger partial charge in [-0.15, -0.1) is 11.3 Å². The van der Waals surface area contributed by atoms with Crippen molar-refractivity contribution in [1.29, 1.82) is 0 Å². The first-order valence-corrected chi connectivity index (χ1v) is 6.79. The first-order valence-electron chi connectivity index (χ1n) is 5.97. The summed E-state index contributed by atoms with van der Waals surface area (Å²) in [5.74, 6) is -0.308. The van der Waals surface area contributed by atoms with Crippen molar-refractivity contribution < 1.29 is 14.3 Å². The van der Waals surface area contributed by atoms with Gasteiger partial charge in [0.05, 0.1) is 18.1 Å². The number of ketones is 1. The second kappa shape index (κ2) is 4.15. The summed E-state index contributed by atoms with van der Waals surface area (Å²) in [5.41, 5.74) is 0. The highest BCUT2D eigenvalue weighted by Crippen LogP contribution is 2.36. The summed E-state index contributed by atoms with van der Waals surface area (Å²) in [6.07, 6.45) is 4.90. The minimum atomic E-state index is -0.699. The summed E-state index contributed by atoms with van der Waals surface area (Å²) < 4.78 is 11.1. The highest BCUT2D eigenvalue weighted by atomic mass is 32.1. The third-order valence-corrected chi connectivity index (χ3v) is 4.67. The summed E-state index contributed by atoms with van der Waals surface area (Å²) in [4.78, 5) is 17.1. The fraction of sp³-hybridized carbons (Fsp3) is 0.667. The molecule has 1 aliphatic heterocycles. The van der Waals surface area contributed by atoms with Crippen molar-refractivity contribution >= 4 is 17.1 Å². The van der Waals surface area contributed by atoms with E-state index in [9.17, 15) is 4.79 Å². The maximum Gasteiger partial charge on any atom is 0.203 e. The smallest absolute Gasteiger partial charge is 0.203 e. The fourth-order valence-electron chi connectivity index (χ4n) is 2.10. The van der Waals surface area contributed by atoms with Crippen LogP contribution in [0.25, 0.3) is 0 Å². The molecule has 92 valence electrons. The van der Waals surface area contributed by atoms with Gasteiger partial charge in [-0.1, -0.05) is 6.42 Å². The molecule has 1 aliphatic carbocycles. The molecule has 2 fully saturated rings. The van der Waals surface area contributed by atoms with E-state index in [0.29, 0.717) is 18.2 Å². The number of carbonyl (C=O) groups is 1. The van der Waals surface area contributed by atoms with Gasteiger partial charge in [-0.25, -0.2) is 4.98 Å². The normalized spacial score (nSPS) is 23.6. The number of thiazole rings is 1. The molecule has 1 saturated heterocycles. The first kappa shape index (κ1) is 11.3. The fourth-order valence-corrected chi connectivity index (χ4v) is 3.09. The van der Waals surface area contributed by atoms with Crippen molar-refractivity contribution in [3.8, 4) is 0 Å². The molecule has 0 unspecified atom stereocenters. The van der Waals surface area contributed by atoms with Crippen molar-refractivity contribution in [2.45, 2.75) is 32.0 Å². The van der Waals surface area contributed by atoms with Gasteiger partial charge in [-0.2, -0.15) is 0 Å². The molecule has 2 aliphatic rings. The number of hydrogen-bond donors (Lipinski definition) is 0. The maximum absolute atomic E-state index is 12.0. The predicted molar refractivity (Wildman–Crippen MR) is 63.0 cm³/mol. The van der Waals surface area contributed by atoms with Gasteiger partial charge >= 0.3 is 0 Å². The summed E-state index contributed by atoms with van der Waals surface area (Å²) in [6.45, 7) is 3.08. The van der Waals surface area contributed by atoms with Crippen LogP contribution >= 0.6 is 11.3 Å². The van der Waals surface area contributed by atoms with Gasteiger partial charge in [0.1, 0.15) is 0 Å². The van der Waals surface area contributed by atoms with Crippen molar-refractivity contribution in [3.05, 3.63) is 16.1 Å². The van der Waals surface area contributed by atoms with E-state index in [0.717, 1.165) is 17.7 Å². The molecule has 1 aromatic rings. The molecule has 3 rings (SSSR count). The summed E-state index contributed by atoms with van der Waals surface area (Å²) in [5, 5.41) is 0.602. The number of aromatic nitrogens is 1. The van der Waals surface area contributed by atoms with Crippen LogP contribution in [0.15, 0.2) is 6.20 Å². The summed E-state index contributed by atoms with van der Waals surface area (Å²) in [6, 6.07) is 0. The van der Waals surface area contributed by atoms with E-state index in [-0.39, 0.29) is 11.7 Å². The average molecular weight is 253 g/mol. The molecule has 0 spiro atoms. The van der Waals surface area contributed by atoms with Gasteiger partial charge in [0.2, 0.25) is 5.79 Å². The first-order chi connectivity index (χ1) is 8.19. The second-order valence-corrected chi connectivity index (χ2v) is 5.70. The Labute approximate surface area is 104 Å². The largest absolute Gasteiger partial charge is 0.343 e. The van der Waals surface area contributed by atoms with Gasteiger partial charge in [0.15, 0.2) is 10.8 Å². The molecule has 5 heteroatoms. The van der Waals surface area contributed by atoms with Crippen molar-refractivity contribution in [3.63, 3.8) is 0 Å². The van der Waals surface area contributed by atoms with Gasteiger partial charge in [0.25, 0.3) is 0 Å². The van der Waals surface area contributed by atoms with E-state index in [1.54, 1.807) is 6.20 Å². The Kier molecular flexibility index (Phi) is 2.77. The molecule has 0 radical (unpaired) electrons. The Bertz CT molecular complexity index is 433. The minimum absolute atomic E-state index is 0.189. The zero-order chi connectivity index (χ0) is 11.9. The third kappa shape index (κ3) is 1.92. The van der Waals surface area contributed by atoms with E-state index in [4.69, 9.17) is 9.47 Å². The van der Waals surface area contributed by atoms with Gasteiger partial charge < -0.3 is 9.47 Å². The highest BCUT2D eigenvalue weighted by molar-refractivity contribution is 7.13. The second-order valence-electron chi connectivity index (χ2n) is 4.66. The van der Waals surface area contributed by atoms with Crippen LogP contribution in [0.1, 0.15) is 40.9 Å². The van der Waals surface area contributed by atoms with E-state index in [1.165, 1.54) is 17.8 Å². The van der Waals surface area contributed by atoms with Crippen molar-refractivity contribution in [2.75, 3.05) is 13.2 Å². The zero-order valence-corrected chi connectivity index (χ0v) is 10.6. The number of hydrogen-bond acceptors (Lipinski definition) is 5. The number of carbonyl (C=O) groups excluding carboxylic acids is 1. The molecule has 17 heavy (non-hydrogen) atoms. The van der Waals surface area contributed by atoms with Crippen molar-refractivity contribution in [1.82, 2.24) is 4.98 Å². The average Bonchev–Trinajstić information content (AvgIpc) is 2.83. The Morgan fingerprint density at radius 2 is 2.18 bits per heavy atom. The molecule has 0 N–H and O–H groups in total. The maximum atomic E-state index is 12.0. The van der Waals surface area contributed by atoms with Crippen LogP contribution in [-0.2, 0) is 15.3 Å². The molecular weight excluding hydrogens is 238 g/mol. The Morgan fingerprint density at radius 3 is 2.76 bits per heavy atom. The standard InChI is InChI=1S/C12H15NO3S/c1-12(15-5-6-16-12)9-7-13-11(17-9)10(14)8-3-2-4-8/h7-8H,2-6H2,1H3. The predicted octanol–water partition coefficient (Wildman–Crippen LogP) is 2.35. The molecule has 0 amide bonds. The topological polar surface area (TPSA) is 48.4 Å². The van der Waals surface area contributed by atoms with Crippen LogP contribution in [0, 0.1) is 5.92 Å². The van der Waals surface area contributed by atoms with Crippen LogP contribution in [0.2, 0.25) is 0 Å². The Hall–Kier alpha value is -0.780. The lowest BCUT2D eigenvalue weighted by Crippen LogP contribution is -2.22. The SMILES string of the molecule is CC1(c2cnc(C(=O)C3CCC3)s2)OCCO1. The minimum Gasteiger partial charge on any atom is -0.343 e. The molecular formula is C12H15NO3S. The quantitative estimate of drug-likeness (QED) is 0.776. The molecule has 2 heterocycles. The highest BCUT2D eigenvalue weighted by Gasteiger charge is 2.36. The Balaban J connectivity index is 1.80. The third-order valence-electron chi connectivity index (χ3n) is 3.48. The number of rotatable bonds is 3. The lowest BCUT2D eigenvalue weighted by atomic mass is 9.82. The molecule has 0 bridgehead atoms. The van der Waals surface area contributed by atoms with E-state index >= 15 is 0 Å². The van der Waals surface area contributed by atoms with Crippen molar-refractivity contribution in [2.24, 2.45) is 5.92 Å². The monoisotopic (exact) mass is 253 g/mol. The van der Waals surface area contributed by atoms with Gasteiger partial charge in [-0.05, 0) is 19.8 Å². The van der Waals surface area contributed by atoms with Gasteiger partial charge in [0, 0.05) is 12.1 Å². The lowest BCUT2D eigenvalue weighted by molar-refractivity contribution is -0.147. The van der Waals surface area contributed by atoms with E-state index in [2.05, 4.69) is 4.98 Å². The number of Topliss-reactive ketones (excluding diaryl/α,β-unsaturated/α-hetero) is 1. The zero-order valence-electron chi connectivity index (χ0n) is 9.77. The van der Waals surface area contributed by atoms with Crippen LogP contribution in [-0.4, -0.2) is 24.0 Å². The van der Waals surface area contributed by atoms with E-state index < -0.39 is 5.79 Å². The molecule has 0 atom stereocenters. The number of ether oxygens (including phenoxy) is 2. The number of nitrogens with zero attached hydrogens (tertiary/aromatic N) is 1. The molecule has 1 saturated carbocycles. The molecule has 0 aromatic carbocycles.